The molecule has 0 aliphatic carbocycles. The van der Waals surface area contributed by atoms with E-state index in [1.165, 1.54) is 31.2 Å². The SMILES string of the molecule is CCNC(=NCc1nccn1CC(C)C)NC1CC2CCC(C1)N2Cc1ccccc1.I. The minimum atomic E-state index is 0. The fraction of sp³-hybridized carbons (Fsp3) is 0.600. The molecule has 4 rings (SSSR count). The Morgan fingerprint density at radius 1 is 1.16 bits per heavy atom. The summed E-state index contributed by atoms with van der Waals surface area (Å²) in [6.45, 7) is 10.1. The van der Waals surface area contributed by atoms with Gasteiger partial charge in [0.15, 0.2) is 5.96 Å². The minimum Gasteiger partial charge on any atom is -0.357 e. The van der Waals surface area contributed by atoms with Gasteiger partial charge in [0.05, 0.1) is 0 Å². The predicted molar refractivity (Wildman–Crippen MR) is 142 cm³/mol. The lowest BCUT2D eigenvalue weighted by Crippen LogP contribution is -2.52. The molecule has 0 amide bonds. The van der Waals surface area contributed by atoms with Crippen LogP contribution in [0.25, 0.3) is 0 Å². The Balaban J connectivity index is 0.00000289. The maximum absolute atomic E-state index is 4.87. The van der Waals surface area contributed by atoms with Gasteiger partial charge in [-0.25, -0.2) is 9.98 Å². The Hall–Kier alpha value is -1.61. The van der Waals surface area contributed by atoms with Gasteiger partial charge in [-0.2, -0.15) is 0 Å². The molecule has 32 heavy (non-hydrogen) atoms. The van der Waals surface area contributed by atoms with E-state index >= 15 is 0 Å². The summed E-state index contributed by atoms with van der Waals surface area (Å²) in [7, 11) is 0. The standard InChI is InChI=1S/C25H38N6.HI/c1-4-26-25(28-16-24-27-12-13-30(24)17-19(2)3)29-21-14-22-10-11-23(15-21)31(22)18-20-8-6-5-7-9-20;/h5-9,12-13,19,21-23H,4,10-11,14-18H2,1-3H3,(H2,26,28,29);1H. The summed E-state index contributed by atoms with van der Waals surface area (Å²) in [5, 5.41) is 7.18. The van der Waals surface area contributed by atoms with Gasteiger partial charge in [0.25, 0.3) is 0 Å². The number of guanidine groups is 1. The van der Waals surface area contributed by atoms with E-state index in [-0.39, 0.29) is 24.0 Å². The summed E-state index contributed by atoms with van der Waals surface area (Å²) in [4.78, 5) is 12.1. The molecule has 1 aromatic carbocycles. The van der Waals surface area contributed by atoms with Crippen LogP contribution in [0.15, 0.2) is 47.7 Å². The van der Waals surface area contributed by atoms with Crippen LogP contribution in [0, 0.1) is 5.92 Å². The first-order valence-corrected chi connectivity index (χ1v) is 12.0. The molecule has 176 valence electrons. The van der Waals surface area contributed by atoms with Crippen LogP contribution >= 0.6 is 24.0 Å². The second kappa shape index (κ2) is 12.0. The summed E-state index contributed by atoms with van der Waals surface area (Å²) in [5.74, 6) is 2.55. The molecule has 0 saturated carbocycles. The third kappa shape index (κ3) is 6.47. The lowest BCUT2D eigenvalue weighted by molar-refractivity contribution is 0.114. The summed E-state index contributed by atoms with van der Waals surface area (Å²) in [5.41, 5.74) is 1.43. The average Bonchev–Trinajstić information content (AvgIpc) is 3.27. The molecule has 0 spiro atoms. The number of aromatic nitrogens is 2. The Morgan fingerprint density at radius 3 is 2.53 bits per heavy atom. The molecule has 0 radical (unpaired) electrons. The lowest BCUT2D eigenvalue weighted by atomic mass is 9.96. The molecule has 2 N–H and O–H groups in total. The number of imidazole rings is 1. The van der Waals surface area contributed by atoms with E-state index in [0.717, 1.165) is 31.4 Å². The molecular weight excluding hydrogens is 511 g/mol. The summed E-state index contributed by atoms with van der Waals surface area (Å²) >= 11 is 0. The highest BCUT2D eigenvalue weighted by atomic mass is 127. The van der Waals surface area contributed by atoms with Crippen molar-refractivity contribution in [2.75, 3.05) is 6.54 Å². The quantitative estimate of drug-likeness (QED) is 0.291. The van der Waals surface area contributed by atoms with Crippen LogP contribution in [0.1, 0.15) is 57.8 Å². The van der Waals surface area contributed by atoms with Crippen molar-refractivity contribution in [3.05, 3.63) is 54.1 Å². The van der Waals surface area contributed by atoms with E-state index < -0.39 is 0 Å². The van der Waals surface area contributed by atoms with Crippen molar-refractivity contribution in [1.29, 1.82) is 0 Å². The Kier molecular flexibility index (Phi) is 9.40. The second-order valence-electron chi connectivity index (χ2n) is 9.44. The van der Waals surface area contributed by atoms with Gasteiger partial charge >= 0.3 is 0 Å². The zero-order valence-electron chi connectivity index (χ0n) is 19.7. The summed E-state index contributed by atoms with van der Waals surface area (Å²) in [6, 6.07) is 12.7. The Labute approximate surface area is 210 Å². The number of halogens is 1. The molecule has 2 fully saturated rings. The van der Waals surface area contributed by atoms with E-state index in [0.29, 0.717) is 30.6 Å². The second-order valence-corrected chi connectivity index (χ2v) is 9.44. The summed E-state index contributed by atoms with van der Waals surface area (Å²) < 4.78 is 2.22. The van der Waals surface area contributed by atoms with Gasteiger partial charge in [0, 0.05) is 50.2 Å². The highest BCUT2D eigenvalue weighted by Gasteiger charge is 2.40. The zero-order valence-corrected chi connectivity index (χ0v) is 22.0. The highest BCUT2D eigenvalue weighted by molar-refractivity contribution is 14.0. The molecular formula is C25H39IN6. The van der Waals surface area contributed by atoms with Crippen LogP contribution < -0.4 is 10.6 Å². The number of aliphatic imine (C=N–C) groups is 1. The van der Waals surface area contributed by atoms with Crippen molar-refractivity contribution in [2.24, 2.45) is 10.9 Å². The van der Waals surface area contributed by atoms with Gasteiger partial charge in [-0.05, 0) is 44.1 Å². The Bertz CT molecular complexity index is 835. The van der Waals surface area contributed by atoms with Crippen LogP contribution in [0.2, 0.25) is 0 Å². The number of piperidine rings is 1. The van der Waals surface area contributed by atoms with Crippen LogP contribution in [-0.2, 0) is 19.6 Å². The van der Waals surface area contributed by atoms with Gasteiger partial charge in [-0.1, -0.05) is 44.2 Å². The average molecular weight is 551 g/mol. The van der Waals surface area contributed by atoms with Gasteiger partial charge in [-0.15, -0.1) is 24.0 Å². The van der Waals surface area contributed by atoms with Gasteiger partial charge < -0.3 is 15.2 Å². The molecule has 6 nitrogen and oxygen atoms in total. The minimum absolute atomic E-state index is 0. The van der Waals surface area contributed by atoms with Crippen molar-refractivity contribution < 1.29 is 0 Å². The predicted octanol–water partition coefficient (Wildman–Crippen LogP) is 4.41. The normalized spacial score (nSPS) is 23.2. The third-order valence-electron chi connectivity index (χ3n) is 6.52. The fourth-order valence-corrected chi connectivity index (χ4v) is 5.16. The van der Waals surface area contributed by atoms with Crippen molar-refractivity contribution in [1.82, 2.24) is 25.1 Å². The van der Waals surface area contributed by atoms with Gasteiger partial charge in [-0.3, -0.25) is 4.90 Å². The molecule has 2 aromatic rings. The first-order chi connectivity index (χ1) is 15.1. The summed E-state index contributed by atoms with van der Waals surface area (Å²) in [6.07, 6.45) is 8.95. The van der Waals surface area contributed by atoms with Crippen molar-refractivity contribution in [3.63, 3.8) is 0 Å². The van der Waals surface area contributed by atoms with Gasteiger partial charge in [0.2, 0.25) is 0 Å². The van der Waals surface area contributed by atoms with E-state index in [1.807, 2.05) is 6.20 Å². The van der Waals surface area contributed by atoms with Gasteiger partial charge in [0.1, 0.15) is 12.4 Å². The highest BCUT2D eigenvalue weighted by Crippen LogP contribution is 2.36. The van der Waals surface area contributed by atoms with E-state index in [9.17, 15) is 0 Å². The van der Waals surface area contributed by atoms with Crippen LogP contribution in [-0.4, -0.2) is 45.1 Å². The molecule has 2 aliphatic rings. The maximum Gasteiger partial charge on any atom is 0.191 e. The smallest absolute Gasteiger partial charge is 0.191 e. The largest absolute Gasteiger partial charge is 0.357 e. The van der Waals surface area contributed by atoms with E-state index in [1.54, 1.807) is 0 Å². The molecule has 2 aliphatic heterocycles. The van der Waals surface area contributed by atoms with Crippen molar-refractivity contribution in [3.8, 4) is 0 Å². The molecule has 2 unspecified atom stereocenters. The monoisotopic (exact) mass is 550 g/mol. The lowest BCUT2D eigenvalue weighted by Gasteiger charge is -2.39. The number of nitrogens with zero attached hydrogens (tertiary/aromatic N) is 4. The molecule has 2 bridgehead atoms. The van der Waals surface area contributed by atoms with Crippen molar-refractivity contribution >= 4 is 29.9 Å². The van der Waals surface area contributed by atoms with E-state index in [4.69, 9.17) is 4.99 Å². The first kappa shape index (κ1) is 25.0. The Morgan fingerprint density at radius 2 is 1.88 bits per heavy atom. The third-order valence-corrected chi connectivity index (χ3v) is 6.52. The van der Waals surface area contributed by atoms with Crippen molar-refractivity contribution in [2.45, 2.75) is 84.2 Å². The molecule has 3 heterocycles. The number of nitrogens with one attached hydrogen (secondary N) is 2. The number of rotatable bonds is 8. The maximum atomic E-state index is 4.87. The number of benzene rings is 1. The number of fused-ring (bicyclic) bond motifs is 2. The number of hydrogen-bond donors (Lipinski definition) is 2. The first-order valence-electron chi connectivity index (χ1n) is 12.0. The fourth-order valence-electron chi connectivity index (χ4n) is 5.16. The molecule has 1 aromatic heterocycles. The van der Waals surface area contributed by atoms with Crippen LogP contribution in [0.3, 0.4) is 0 Å². The number of hydrogen-bond acceptors (Lipinski definition) is 3. The molecule has 2 saturated heterocycles. The zero-order chi connectivity index (χ0) is 21.6. The van der Waals surface area contributed by atoms with Crippen LogP contribution in [0.4, 0.5) is 0 Å². The van der Waals surface area contributed by atoms with Crippen LogP contribution in [0.5, 0.6) is 0 Å². The van der Waals surface area contributed by atoms with E-state index in [2.05, 4.69) is 82.4 Å². The molecule has 2 atom stereocenters. The molecule has 7 heteroatoms. The topological polar surface area (TPSA) is 57.5 Å².